The van der Waals surface area contributed by atoms with Crippen molar-refractivity contribution in [3.05, 3.63) is 78.4 Å². The summed E-state index contributed by atoms with van der Waals surface area (Å²) in [7, 11) is 0. The molecular formula is C30H32N8O2. The van der Waals surface area contributed by atoms with Crippen LogP contribution in [-0.4, -0.2) is 65.2 Å². The van der Waals surface area contributed by atoms with Crippen molar-refractivity contribution in [2.45, 2.75) is 19.8 Å². The van der Waals surface area contributed by atoms with Crippen molar-refractivity contribution in [1.82, 2.24) is 19.9 Å². The van der Waals surface area contributed by atoms with E-state index in [0.29, 0.717) is 30.4 Å². The number of carbonyl (C=O) groups is 1. The number of amides is 1. The van der Waals surface area contributed by atoms with E-state index in [4.69, 9.17) is 9.72 Å². The van der Waals surface area contributed by atoms with Crippen LogP contribution in [0.3, 0.4) is 0 Å². The number of benzene rings is 1. The summed E-state index contributed by atoms with van der Waals surface area (Å²) in [6, 6.07) is 13.3. The van der Waals surface area contributed by atoms with Crippen molar-refractivity contribution >= 4 is 34.7 Å². The van der Waals surface area contributed by atoms with Crippen molar-refractivity contribution < 1.29 is 9.53 Å². The highest BCUT2D eigenvalue weighted by Crippen LogP contribution is 2.27. The molecule has 40 heavy (non-hydrogen) atoms. The number of nitrogens with one attached hydrogen (secondary N) is 2. The molecule has 4 aromatic rings. The van der Waals surface area contributed by atoms with Gasteiger partial charge in [-0.05, 0) is 61.7 Å². The number of hydrogen-bond acceptors (Lipinski definition) is 9. The number of aromatic nitrogens is 4. The zero-order chi connectivity index (χ0) is 27.3. The van der Waals surface area contributed by atoms with Gasteiger partial charge in [-0.3, -0.25) is 9.78 Å². The molecular weight excluding hydrogens is 504 g/mol. The van der Waals surface area contributed by atoms with Crippen LogP contribution < -0.4 is 20.4 Å². The fraction of sp³-hybridized carbons (Fsp3) is 0.300. The number of ether oxygens (including phenoxy) is 1. The molecule has 3 aromatic heterocycles. The van der Waals surface area contributed by atoms with E-state index in [-0.39, 0.29) is 5.91 Å². The number of hydrogen-bond donors (Lipinski definition) is 2. The molecule has 0 spiro atoms. The Morgan fingerprint density at radius 3 is 2.58 bits per heavy atom. The van der Waals surface area contributed by atoms with E-state index in [1.165, 1.54) is 12.8 Å². The zero-order valence-electron chi connectivity index (χ0n) is 22.5. The topological polar surface area (TPSA) is 108 Å². The molecule has 2 aliphatic heterocycles. The van der Waals surface area contributed by atoms with Crippen LogP contribution in [0.4, 0.5) is 28.8 Å². The fourth-order valence-corrected chi connectivity index (χ4v) is 4.98. The van der Waals surface area contributed by atoms with E-state index in [9.17, 15) is 4.79 Å². The minimum Gasteiger partial charge on any atom is -0.378 e. The maximum atomic E-state index is 13.1. The Morgan fingerprint density at radius 1 is 0.900 bits per heavy atom. The van der Waals surface area contributed by atoms with E-state index in [1.807, 2.05) is 49.6 Å². The Bertz CT molecular complexity index is 1500. The highest BCUT2D eigenvalue weighted by molar-refractivity contribution is 6.05. The van der Waals surface area contributed by atoms with E-state index in [0.717, 1.165) is 60.2 Å². The van der Waals surface area contributed by atoms with Crippen LogP contribution in [0.2, 0.25) is 0 Å². The Balaban J connectivity index is 1.17. The van der Waals surface area contributed by atoms with Gasteiger partial charge in [-0.15, -0.1) is 0 Å². The predicted octanol–water partition coefficient (Wildman–Crippen LogP) is 4.67. The van der Waals surface area contributed by atoms with Gasteiger partial charge in [-0.25, -0.2) is 15.0 Å². The molecule has 1 aromatic carbocycles. The summed E-state index contributed by atoms with van der Waals surface area (Å²) in [6.45, 7) is 6.95. The van der Waals surface area contributed by atoms with Gasteiger partial charge in [0.15, 0.2) is 0 Å². The number of carbonyl (C=O) groups excluding carboxylic acids is 1. The summed E-state index contributed by atoms with van der Waals surface area (Å²) in [5.74, 6) is 1.05. The lowest BCUT2D eigenvalue weighted by Gasteiger charge is -2.27. The predicted molar refractivity (Wildman–Crippen MR) is 156 cm³/mol. The summed E-state index contributed by atoms with van der Waals surface area (Å²) in [4.78, 5) is 35.7. The lowest BCUT2D eigenvalue weighted by atomic mass is 10.1. The van der Waals surface area contributed by atoms with E-state index >= 15 is 0 Å². The molecule has 6 rings (SSSR count). The van der Waals surface area contributed by atoms with Crippen molar-refractivity contribution in [2.24, 2.45) is 0 Å². The normalized spacial score (nSPS) is 15.2. The molecule has 2 fully saturated rings. The van der Waals surface area contributed by atoms with Gasteiger partial charge in [0.05, 0.1) is 30.8 Å². The van der Waals surface area contributed by atoms with Gasteiger partial charge in [-0.1, -0.05) is 6.07 Å². The van der Waals surface area contributed by atoms with Gasteiger partial charge in [0, 0.05) is 67.3 Å². The smallest absolute Gasteiger partial charge is 0.255 e. The van der Waals surface area contributed by atoms with Gasteiger partial charge in [-0.2, -0.15) is 0 Å². The summed E-state index contributed by atoms with van der Waals surface area (Å²) in [5.41, 5.74) is 5.89. The number of rotatable bonds is 7. The average Bonchev–Trinajstić information content (AvgIpc) is 3.55. The van der Waals surface area contributed by atoms with Crippen molar-refractivity contribution in [1.29, 1.82) is 0 Å². The first-order valence-electron chi connectivity index (χ1n) is 13.6. The molecule has 0 aliphatic carbocycles. The third-order valence-electron chi connectivity index (χ3n) is 7.23. The Morgan fingerprint density at radius 2 is 1.73 bits per heavy atom. The summed E-state index contributed by atoms with van der Waals surface area (Å²) >= 11 is 0. The summed E-state index contributed by atoms with van der Waals surface area (Å²) in [6.07, 6.45) is 9.57. The SMILES string of the molecule is Cc1ccc(NC(=O)c2ccnc(N3CCOCC3)c2)cc1Nc1nccc(-c2cncc(N3CCCC3)c2)n1. The van der Waals surface area contributed by atoms with Crippen LogP contribution in [0.25, 0.3) is 11.3 Å². The van der Waals surface area contributed by atoms with Gasteiger partial charge in [0.2, 0.25) is 5.95 Å². The molecule has 0 atom stereocenters. The molecule has 0 radical (unpaired) electrons. The van der Waals surface area contributed by atoms with Gasteiger partial charge < -0.3 is 25.2 Å². The molecule has 1 amide bonds. The maximum absolute atomic E-state index is 13.1. The molecule has 10 nitrogen and oxygen atoms in total. The number of anilines is 5. The first kappa shape index (κ1) is 25.7. The van der Waals surface area contributed by atoms with Crippen molar-refractivity contribution in [2.75, 3.05) is 59.8 Å². The second-order valence-electron chi connectivity index (χ2n) is 10.0. The Labute approximate surface area is 233 Å². The van der Waals surface area contributed by atoms with Crippen LogP contribution in [-0.2, 0) is 4.74 Å². The van der Waals surface area contributed by atoms with E-state index in [2.05, 4.69) is 41.5 Å². The molecule has 5 heterocycles. The minimum atomic E-state index is -0.199. The highest BCUT2D eigenvalue weighted by Gasteiger charge is 2.16. The van der Waals surface area contributed by atoms with Crippen LogP contribution in [0, 0.1) is 6.92 Å². The van der Waals surface area contributed by atoms with Crippen LogP contribution in [0.5, 0.6) is 0 Å². The first-order chi connectivity index (χ1) is 19.6. The van der Waals surface area contributed by atoms with Crippen LogP contribution >= 0.6 is 0 Å². The number of aryl methyl sites for hydroxylation is 1. The van der Waals surface area contributed by atoms with Gasteiger partial charge in [0.1, 0.15) is 5.82 Å². The number of nitrogens with zero attached hydrogens (tertiary/aromatic N) is 6. The Hall–Kier alpha value is -4.57. The summed E-state index contributed by atoms with van der Waals surface area (Å²) in [5, 5.41) is 6.33. The average molecular weight is 537 g/mol. The zero-order valence-corrected chi connectivity index (χ0v) is 22.5. The third kappa shape index (κ3) is 5.86. The van der Waals surface area contributed by atoms with E-state index < -0.39 is 0 Å². The number of pyridine rings is 2. The fourth-order valence-electron chi connectivity index (χ4n) is 4.98. The molecule has 10 heteroatoms. The molecule has 0 bridgehead atoms. The molecule has 204 valence electrons. The molecule has 0 saturated carbocycles. The quantitative estimate of drug-likeness (QED) is 0.348. The second-order valence-corrected chi connectivity index (χ2v) is 10.0. The number of morpholine rings is 1. The Kier molecular flexibility index (Phi) is 7.49. The van der Waals surface area contributed by atoms with Crippen LogP contribution in [0.1, 0.15) is 28.8 Å². The second kappa shape index (κ2) is 11.7. The van der Waals surface area contributed by atoms with Crippen LogP contribution in [0.15, 0.2) is 67.3 Å². The molecule has 2 N–H and O–H groups in total. The standard InChI is InChI=1S/C30H32N8O2/c1-21-4-5-24(34-29(39)22-6-8-32-28(17-22)38-12-14-40-15-13-38)18-27(21)36-30-33-9-7-26(35-30)23-16-25(20-31-19-23)37-10-2-3-11-37/h4-9,16-20H,2-3,10-15H2,1H3,(H,34,39)(H,33,35,36). The molecule has 2 saturated heterocycles. The maximum Gasteiger partial charge on any atom is 0.255 e. The lowest BCUT2D eigenvalue weighted by molar-refractivity contribution is 0.102. The molecule has 2 aliphatic rings. The first-order valence-corrected chi connectivity index (χ1v) is 13.6. The summed E-state index contributed by atoms with van der Waals surface area (Å²) < 4.78 is 5.43. The van der Waals surface area contributed by atoms with Crippen molar-refractivity contribution in [3.8, 4) is 11.3 Å². The van der Waals surface area contributed by atoms with E-state index in [1.54, 1.807) is 18.5 Å². The molecule has 0 unspecified atom stereocenters. The van der Waals surface area contributed by atoms with Gasteiger partial charge >= 0.3 is 0 Å². The third-order valence-corrected chi connectivity index (χ3v) is 7.23. The monoisotopic (exact) mass is 536 g/mol. The lowest BCUT2D eigenvalue weighted by Crippen LogP contribution is -2.36. The minimum absolute atomic E-state index is 0.199. The van der Waals surface area contributed by atoms with Gasteiger partial charge in [0.25, 0.3) is 5.91 Å². The largest absolute Gasteiger partial charge is 0.378 e. The highest BCUT2D eigenvalue weighted by atomic mass is 16.5. The van der Waals surface area contributed by atoms with Crippen molar-refractivity contribution in [3.63, 3.8) is 0 Å².